The van der Waals surface area contributed by atoms with Gasteiger partial charge >= 0.3 is 0 Å². The predicted molar refractivity (Wildman–Crippen MR) is 51.0 cm³/mol. The number of hydrogen-bond acceptors (Lipinski definition) is 3. The lowest BCUT2D eigenvalue weighted by Crippen LogP contribution is -1.94. The van der Waals surface area contributed by atoms with Gasteiger partial charge in [0.1, 0.15) is 11.0 Å². The van der Waals surface area contributed by atoms with E-state index in [0.29, 0.717) is 10.7 Å². The normalized spacial score (nSPS) is 11.0. The third-order valence-electron chi connectivity index (χ3n) is 1.79. The van der Waals surface area contributed by atoms with Crippen LogP contribution in [0.3, 0.4) is 0 Å². The maximum absolute atomic E-state index is 5.86. The van der Waals surface area contributed by atoms with Crippen LogP contribution < -0.4 is 0 Å². The highest BCUT2D eigenvalue weighted by Crippen LogP contribution is 2.24. The van der Waals surface area contributed by atoms with Crippen LogP contribution in [-0.2, 0) is 6.54 Å². The molecule has 0 fully saturated rings. The summed E-state index contributed by atoms with van der Waals surface area (Å²) in [5.74, 6) is 0. The van der Waals surface area contributed by atoms with Crippen molar-refractivity contribution in [3.8, 4) is 0 Å². The highest BCUT2D eigenvalue weighted by molar-refractivity contribution is 6.37. The molecule has 0 aliphatic rings. The number of aromatic nitrogens is 4. The minimum Gasteiger partial charge on any atom is -0.328 e. The Balaban J connectivity index is 2.87. The van der Waals surface area contributed by atoms with Gasteiger partial charge in [-0.15, -0.1) is 10.2 Å². The van der Waals surface area contributed by atoms with E-state index in [9.17, 15) is 0 Å². The van der Waals surface area contributed by atoms with Crippen molar-refractivity contribution in [2.45, 2.75) is 13.5 Å². The molecular formula is C7H6Cl2N4. The van der Waals surface area contributed by atoms with Gasteiger partial charge in [0.05, 0.1) is 6.33 Å². The molecule has 0 saturated carbocycles. The predicted octanol–water partition coefficient (Wildman–Crippen LogP) is 2.15. The molecule has 68 valence electrons. The number of rotatable bonds is 1. The average Bonchev–Trinajstić information content (AvgIpc) is 2.56. The Hall–Kier alpha value is -0.870. The molecule has 0 unspecified atom stereocenters. The molecule has 0 aromatic carbocycles. The summed E-state index contributed by atoms with van der Waals surface area (Å²) >= 11 is 11.7. The molecule has 2 rings (SSSR count). The van der Waals surface area contributed by atoms with E-state index in [0.717, 1.165) is 12.1 Å². The summed E-state index contributed by atoms with van der Waals surface area (Å²) in [7, 11) is 0. The van der Waals surface area contributed by atoms with E-state index in [1.807, 2.05) is 11.5 Å². The fraction of sp³-hybridized carbons (Fsp3) is 0.286. The minimum atomic E-state index is 0.284. The Morgan fingerprint density at radius 2 is 2.00 bits per heavy atom. The molecule has 0 radical (unpaired) electrons. The zero-order valence-electron chi connectivity index (χ0n) is 6.83. The van der Waals surface area contributed by atoms with Crippen molar-refractivity contribution in [2.75, 3.05) is 0 Å². The first-order valence-corrected chi connectivity index (χ1v) is 4.52. The highest BCUT2D eigenvalue weighted by atomic mass is 35.5. The Kier molecular flexibility index (Phi) is 2.09. The van der Waals surface area contributed by atoms with Crippen LogP contribution in [0.1, 0.15) is 6.92 Å². The number of aryl methyl sites for hydroxylation is 1. The van der Waals surface area contributed by atoms with Gasteiger partial charge in [-0.3, -0.25) is 0 Å². The van der Waals surface area contributed by atoms with Crippen molar-refractivity contribution in [1.82, 2.24) is 19.7 Å². The number of hydrogen-bond donors (Lipinski definition) is 0. The Morgan fingerprint density at radius 1 is 1.31 bits per heavy atom. The molecule has 0 spiro atoms. The molecule has 13 heavy (non-hydrogen) atoms. The molecule has 2 aromatic rings. The summed E-state index contributed by atoms with van der Waals surface area (Å²) in [5, 5.41) is 7.99. The van der Waals surface area contributed by atoms with Crippen LogP contribution in [0.2, 0.25) is 10.3 Å². The van der Waals surface area contributed by atoms with Gasteiger partial charge in [0, 0.05) is 6.54 Å². The second-order valence-corrected chi connectivity index (χ2v) is 3.23. The van der Waals surface area contributed by atoms with Gasteiger partial charge in [0.2, 0.25) is 0 Å². The molecule has 0 N–H and O–H groups in total. The quantitative estimate of drug-likeness (QED) is 0.734. The number of fused-ring (bicyclic) bond motifs is 1. The van der Waals surface area contributed by atoms with E-state index in [2.05, 4.69) is 15.2 Å². The molecule has 0 aliphatic carbocycles. The standard InChI is InChI=1S/C7H6Cl2N4/c1-2-13-3-10-4-5(13)7(9)12-11-6(4)8/h3H,2H2,1H3. The maximum atomic E-state index is 5.86. The van der Waals surface area contributed by atoms with Gasteiger partial charge in [-0.1, -0.05) is 23.2 Å². The van der Waals surface area contributed by atoms with Crippen molar-refractivity contribution in [2.24, 2.45) is 0 Å². The summed E-state index contributed by atoms with van der Waals surface area (Å²) in [6, 6.07) is 0. The molecule has 0 saturated heterocycles. The molecule has 0 atom stereocenters. The lowest BCUT2D eigenvalue weighted by molar-refractivity contribution is 0.784. The lowest BCUT2D eigenvalue weighted by Gasteiger charge is -1.99. The van der Waals surface area contributed by atoms with Crippen molar-refractivity contribution in [1.29, 1.82) is 0 Å². The largest absolute Gasteiger partial charge is 0.328 e. The molecule has 0 amide bonds. The van der Waals surface area contributed by atoms with Crippen LogP contribution in [0.5, 0.6) is 0 Å². The summed E-state index contributed by atoms with van der Waals surface area (Å²) in [4.78, 5) is 4.09. The van der Waals surface area contributed by atoms with Gasteiger partial charge in [-0.25, -0.2) is 4.98 Å². The van der Waals surface area contributed by atoms with E-state index < -0.39 is 0 Å². The van der Waals surface area contributed by atoms with Gasteiger partial charge in [0.15, 0.2) is 10.3 Å². The monoisotopic (exact) mass is 216 g/mol. The Bertz CT molecular complexity index is 451. The Morgan fingerprint density at radius 3 is 2.69 bits per heavy atom. The third kappa shape index (κ3) is 1.26. The van der Waals surface area contributed by atoms with E-state index in [-0.39, 0.29) is 5.15 Å². The SMILES string of the molecule is CCn1cnc2c(Cl)nnc(Cl)c21. The molecule has 4 nitrogen and oxygen atoms in total. The molecular weight excluding hydrogens is 211 g/mol. The van der Waals surface area contributed by atoms with Crippen LogP contribution in [0.25, 0.3) is 11.0 Å². The second kappa shape index (κ2) is 3.12. The van der Waals surface area contributed by atoms with Crippen LogP contribution >= 0.6 is 23.2 Å². The molecule has 0 aliphatic heterocycles. The maximum Gasteiger partial charge on any atom is 0.179 e. The van der Waals surface area contributed by atoms with Crippen LogP contribution in [-0.4, -0.2) is 19.7 Å². The van der Waals surface area contributed by atoms with Crippen LogP contribution in [0.4, 0.5) is 0 Å². The molecule has 6 heteroatoms. The fourth-order valence-corrected chi connectivity index (χ4v) is 1.58. The number of halogens is 2. The van der Waals surface area contributed by atoms with E-state index in [1.165, 1.54) is 0 Å². The number of imidazole rings is 1. The zero-order chi connectivity index (χ0) is 9.42. The van der Waals surface area contributed by atoms with Gasteiger partial charge in [-0.2, -0.15) is 0 Å². The van der Waals surface area contributed by atoms with E-state index in [4.69, 9.17) is 23.2 Å². The fourth-order valence-electron chi connectivity index (χ4n) is 1.17. The van der Waals surface area contributed by atoms with Crippen LogP contribution in [0.15, 0.2) is 6.33 Å². The first-order valence-electron chi connectivity index (χ1n) is 3.76. The second-order valence-electron chi connectivity index (χ2n) is 2.51. The van der Waals surface area contributed by atoms with Crippen molar-refractivity contribution >= 4 is 34.2 Å². The first kappa shape index (κ1) is 8.72. The minimum absolute atomic E-state index is 0.284. The van der Waals surface area contributed by atoms with Crippen molar-refractivity contribution in [3.63, 3.8) is 0 Å². The first-order chi connectivity index (χ1) is 6.24. The summed E-state index contributed by atoms with van der Waals surface area (Å²) in [5.41, 5.74) is 1.34. The van der Waals surface area contributed by atoms with E-state index in [1.54, 1.807) is 6.33 Å². The highest BCUT2D eigenvalue weighted by Gasteiger charge is 2.11. The van der Waals surface area contributed by atoms with Crippen molar-refractivity contribution < 1.29 is 0 Å². The molecule has 0 bridgehead atoms. The zero-order valence-corrected chi connectivity index (χ0v) is 8.34. The average molecular weight is 217 g/mol. The van der Waals surface area contributed by atoms with Crippen molar-refractivity contribution in [3.05, 3.63) is 16.6 Å². The van der Waals surface area contributed by atoms with E-state index >= 15 is 0 Å². The van der Waals surface area contributed by atoms with Gasteiger partial charge in [-0.05, 0) is 6.92 Å². The summed E-state index contributed by atoms with van der Waals surface area (Å²) in [6.07, 6.45) is 1.67. The van der Waals surface area contributed by atoms with Gasteiger partial charge < -0.3 is 4.57 Å². The Labute approximate surface area is 84.5 Å². The lowest BCUT2D eigenvalue weighted by atomic mass is 10.4. The van der Waals surface area contributed by atoms with Gasteiger partial charge in [0.25, 0.3) is 0 Å². The smallest absolute Gasteiger partial charge is 0.179 e. The summed E-state index contributed by atoms with van der Waals surface area (Å²) < 4.78 is 1.87. The topological polar surface area (TPSA) is 43.6 Å². The third-order valence-corrected chi connectivity index (χ3v) is 2.30. The number of nitrogens with zero attached hydrogens (tertiary/aromatic N) is 4. The van der Waals surface area contributed by atoms with Crippen LogP contribution in [0, 0.1) is 0 Å². The molecule has 2 aromatic heterocycles. The molecule has 2 heterocycles. The summed E-state index contributed by atoms with van der Waals surface area (Å²) in [6.45, 7) is 2.77.